The van der Waals surface area contributed by atoms with Crippen LogP contribution in [0.5, 0.6) is 0 Å². The van der Waals surface area contributed by atoms with E-state index in [9.17, 15) is 10.1 Å². The number of benzene rings is 1. The van der Waals surface area contributed by atoms with Gasteiger partial charge in [-0.05, 0) is 18.6 Å². The van der Waals surface area contributed by atoms with Gasteiger partial charge in [0.15, 0.2) is 0 Å². The summed E-state index contributed by atoms with van der Waals surface area (Å²) >= 11 is 5.82. The molecule has 0 aromatic heterocycles. The third-order valence-electron chi connectivity index (χ3n) is 2.20. The molecular formula is C11H14ClN3O2. The second-order valence-corrected chi connectivity index (χ2v) is 3.87. The molecule has 1 aromatic rings. The lowest BCUT2D eigenvalue weighted by Gasteiger charge is -2.08. The van der Waals surface area contributed by atoms with Crippen LogP contribution in [0.15, 0.2) is 24.3 Å². The van der Waals surface area contributed by atoms with E-state index in [1.807, 2.05) is 12.2 Å². The number of nitrogens with two attached hydrogens (primary N) is 1. The van der Waals surface area contributed by atoms with E-state index >= 15 is 0 Å². The van der Waals surface area contributed by atoms with E-state index in [1.54, 1.807) is 13.0 Å². The van der Waals surface area contributed by atoms with E-state index in [2.05, 4.69) is 5.32 Å². The van der Waals surface area contributed by atoms with Crippen molar-refractivity contribution in [1.29, 1.82) is 0 Å². The maximum atomic E-state index is 10.7. The van der Waals surface area contributed by atoms with Crippen molar-refractivity contribution < 1.29 is 4.92 Å². The molecule has 0 unspecified atom stereocenters. The smallest absolute Gasteiger partial charge is 0.288 e. The minimum absolute atomic E-state index is 0.0767. The summed E-state index contributed by atoms with van der Waals surface area (Å²) in [6, 6.07) is 3.02. The molecule has 0 aliphatic heterocycles. The summed E-state index contributed by atoms with van der Waals surface area (Å²) in [6.07, 6.45) is 3.71. The molecule has 1 rings (SSSR count). The highest BCUT2D eigenvalue weighted by molar-refractivity contribution is 6.33. The summed E-state index contributed by atoms with van der Waals surface area (Å²) in [5, 5.41) is 13.9. The van der Waals surface area contributed by atoms with Gasteiger partial charge in [-0.15, -0.1) is 0 Å². The second-order valence-electron chi connectivity index (χ2n) is 3.46. The Hall–Kier alpha value is -1.59. The molecule has 0 saturated heterocycles. The van der Waals surface area contributed by atoms with Gasteiger partial charge in [-0.1, -0.05) is 23.8 Å². The van der Waals surface area contributed by atoms with Crippen LogP contribution in [-0.4, -0.2) is 18.0 Å². The van der Waals surface area contributed by atoms with Gasteiger partial charge in [-0.25, -0.2) is 0 Å². The van der Waals surface area contributed by atoms with Crippen LogP contribution >= 0.6 is 11.6 Å². The number of aryl methyl sites for hydroxylation is 1. The molecule has 5 nitrogen and oxygen atoms in total. The number of nitrogens with zero attached hydrogens (tertiary/aromatic N) is 1. The van der Waals surface area contributed by atoms with Crippen LogP contribution in [0.4, 0.5) is 11.4 Å². The zero-order valence-electron chi connectivity index (χ0n) is 9.44. The number of nitro groups is 1. The molecule has 0 aliphatic carbocycles. The van der Waals surface area contributed by atoms with Crippen LogP contribution in [0, 0.1) is 17.0 Å². The van der Waals surface area contributed by atoms with Crippen molar-refractivity contribution in [1.82, 2.24) is 0 Å². The molecule has 0 spiro atoms. The van der Waals surface area contributed by atoms with Gasteiger partial charge in [0.2, 0.25) is 0 Å². The minimum atomic E-state index is -0.493. The Bertz CT molecular complexity index is 447. The van der Waals surface area contributed by atoms with Crippen molar-refractivity contribution in [3.8, 4) is 0 Å². The monoisotopic (exact) mass is 255 g/mol. The highest BCUT2D eigenvalue weighted by Crippen LogP contribution is 2.30. The first kappa shape index (κ1) is 13.5. The Morgan fingerprint density at radius 1 is 1.53 bits per heavy atom. The highest BCUT2D eigenvalue weighted by atomic mass is 35.5. The highest BCUT2D eigenvalue weighted by Gasteiger charge is 2.14. The second kappa shape index (κ2) is 6.22. The molecule has 0 fully saturated rings. The lowest BCUT2D eigenvalue weighted by Crippen LogP contribution is -2.02. The molecule has 0 heterocycles. The zero-order chi connectivity index (χ0) is 12.8. The van der Waals surface area contributed by atoms with E-state index < -0.39 is 4.92 Å². The molecule has 0 saturated carbocycles. The van der Waals surface area contributed by atoms with E-state index in [0.29, 0.717) is 13.1 Å². The lowest BCUT2D eigenvalue weighted by molar-refractivity contribution is -0.384. The molecular weight excluding hydrogens is 242 g/mol. The van der Waals surface area contributed by atoms with Crippen LogP contribution in [0.3, 0.4) is 0 Å². The SMILES string of the molecule is Cc1cc([N+](=O)[O-])c(Cl)cc1NC/C=C/CN. The van der Waals surface area contributed by atoms with Gasteiger partial charge in [0.1, 0.15) is 5.02 Å². The van der Waals surface area contributed by atoms with Crippen molar-refractivity contribution >= 4 is 23.0 Å². The third kappa shape index (κ3) is 3.72. The summed E-state index contributed by atoms with van der Waals surface area (Å²) < 4.78 is 0. The summed E-state index contributed by atoms with van der Waals surface area (Å²) in [6.45, 7) is 2.88. The fourth-order valence-electron chi connectivity index (χ4n) is 1.35. The van der Waals surface area contributed by atoms with Crippen LogP contribution < -0.4 is 11.1 Å². The normalized spacial score (nSPS) is 10.8. The molecule has 17 heavy (non-hydrogen) atoms. The van der Waals surface area contributed by atoms with Crippen LogP contribution in [0.25, 0.3) is 0 Å². The number of anilines is 1. The van der Waals surface area contributed by atoms with Gasteiger partial charge in [-0.3, -0.25) is 10.1 Å². The van der Waals surface area contributed by atoms with Crippen molar-refractivity contribution in [2.45, 2.75) is 6.92 Å². The van der Waals surface area contributed by atoms with E-state index in [4.69, 9.17) is 17.3 Å². The maximum Gasteiger partial charge on any atom is 0.288 e. The van der Waals surface area contributed by atoms with Crippen molar-refractivity contribution in [2.75, 3.05) is 18.4 Å². The van der Waals surface area contributed by atoms with Gasteiger partial charge < -0.3 is 11.1 Å². The summed E-state index contributed by atoms with van der Waals surface area (Å²) in [5.74, 6) is 0. The molecule has 6 heteroatoms. The molecule has 0 bridgehead atoms. The van der Waals surface area contributed by atoms with Gasteiger partial charge in [0, 0.05) is 24.8 Å². The molecule has 92 valence electrons. The number of nitrogens with one attached hydrogen (secondary N) is 1. The molecule has 0 amide bonds. The first-order chi connectivity index (χ1) is 8.06. The molecule has 1 aromatic carbocycles. The molecule has 0 radical (unpaired) electrons. The van der Waals surface area contributed by atoms with Gasteiger partial charge in [0.25, 0.3) is 5.69 Å². The lowest BCUT2D eigenvalue weighted by atomic mass is 10.2. The summed E-state index contributed by atoms with van der Waals surface area (Å²) in [7, 11) is 0. The van der Waals surface area contributed by atoms with Crippen LogP contribution in [-0.2, 0) is 0 Å². The van der Waals surface area contributed by atoms with Crippen molar-refractivity contribution in [3.05, 3.63) is 45.0 Å². The Morgan fingerprint density at radius 2 is 2.24 bits per heavy atom. The van der Waals surface area contributed by atoms with E-state index in [1.165, 1.54) is 6.07 Å². The topological polar surface area (TPSA) is 81.2 Å². The standard InChI is InChI=1S/C11H14ClN3O2/c1-8-6-11(15(16)17)9(12)7-10(8)14-5-3-2-4-13/h2-3,6-7,14H,4-5,13H2,1H3/b3-2+. The van der Waals surface area contributed by atoms with Crippen molar-refractivity contribution in [3.63, 3.8) is 0 Å². The summed E-state index contributed by atoms with van der Waals surface area (Å²) in [5.41, 5.74) is 6.79. The average molecular weight is 256 g/mol. The Balaban J connectivity index is 2.84. The summed E-state index contributed by atoms with van der Waals surface area (Å²) in [4.78, 5) is 10.2. The molecule has 3 N–H and O–H groups in total. The van der Waals surface area contributed by atoms with Crippen LogP contribution in [0.2, 0.25) is 5.02 Å². The first-order valence-electron chi connectivity index (χ1n) is 5.09. The Labute approximate surface area is 104 Å². The largest absolute Gasteiger partial charge is 0.381 e. The van der Waals surface area contributed by atoms with E-state index in [-0.39, 0.29) is 10.7 Å². The number of halogens is 1. The average Bonchev–Trinajstić information content (AvgIpc) is 2.28. The zero-order valence-corrected chi connectivity index (χ0v) is 10.2. The number of hydrogen-bond donors (Lipinski definition) is 2. The van der Waals surface area contributed by atoms with Crippen molar-refractivity contribution in [2.24, 2.45) is 5.73 Å². The fraction of sp³-hybridized carbons (Fsp3) is 0.273. The molecule has 0 atom stereocenters. The number of nitro benzene ring substituents is 1. The van der Waals surface area contributed by atoms with Gasteiger partial charge in [0.05, 0.1) is 4.92 Å². The number of hydrogen-bond acceptors (Lipinski definition) is 4. The predicted molar refractivity (Wildman–Crippen MR) is 69.5 cm³/mol. The predicted octanol–water partition coefficient (Wildman–Crippen LogP) is 2.48. The van der Waals surface area contributed by atoms with Gasteiger partial charge in [-0.2, -0.15) is 0 Å². The minimum Gasteiger partial charge on any atom is -0.381 e. The van der Waals surface area contributed by atoms with Crippen LogP contribution in [0.1, 0.15) is 5.56 Å². The van der Waals surface area contributed by atoms with Gasteiger partial charge >= 0.3 is 0 Å². The molecule has 0 aliphatic rings. The maximum absolute atomic E-state index is 10.7. The Kier molecular flexibility index (Phi) is 4.93. The Morgan fingerprint density at radius 3 is 2.82 bits per heavy atom. The third-order valence-corrected chi connectivity index (χ3v) is 2.51. The fourth-order valence-corrected chi connectivity index (χ4v) is 1.58. The van der Waals surface area contributed by atoms with E-state index in [0.717, 1.165) is 11.3 Å². The quantitative estimate of drug-likeness (QED) is 0.481. The first-order valence-corrected chi connectivity index (χ1v) is 5.47. The number of rotatable bonds is 5.